The van der Waals surface area contributed by atoms with Crippen molar-refractivity contribution in [3.63, 3.8) is 0 Å². The molecule has 0 aromatic heterocycles. The van der Waals surface area contributed by atoms with Gasteiger partial charge in [0.25, 0.3) is 15.9 Å². The van der Waals surface area contributed by atoms with Crippen LogP contribution in [0, 0.1) is 12.8 Å². The number of fused-ring (bicyclic) bond motifs is 1. The minimum Gasteiger partial charge on any atom is -0.490 e. The van der Waals surface area contributed by atoms with Crippen molar-refractivity contribution in [3.05, 3.63) is 89.0 Å². The van der Waals surface area contributed by atoms with Gasteiger partial charge in [-0.05, 0) is 95.1 Å². The van der Waals surface area contributed by atoms with E-state index < -0.39 is 27.9 Å². The molecule has 0 bridgehead atoms. The molecule has 3 aromatic rings. The van der Waals surface area contributed by atoms with Gasteiger partial charge in [0.05, 0.1) is 40.9 Å². The number of carboxylic acid groups (broad SMARTS) is 1. The number of aromatic carboxylic acids is 1. The lowest BCUT2D eigenvalue weighted by atomic mass is 10.0. The highest BCUT2D eigenvalue weighted by atomic mass is 32.2. The van der Waals surface area contributed by atoms with Gasteiger partial charge in [0.15, 0.2) is 0 Å². The molecular formula is C37H49N3O8S. The third kappa shape index (κ3) is 10.5. The maximum Gasteiger partial charge on any atom is 0.335 e. The van der Waals surface area contributed by atoms with Gasteiger partial charge < -0.3 is 24.6 Å². The van der Waals surface area contributed by atoms with E-state index in [1.54, 1.807) is 60.4 Å². The molecule has 3 N–H and O–H groups in total. The third-order valence-corrected chi connectivity index (χ3v) is 10.2. The summed E-state index contributed by atoms with van der Waals surface area (Å²) in [7, 11) is -1.96. The van der Waals surface area contributed by atoms with Crippen LogP contribution in [0.15, 0.2) is 71.6 Å². The van der Waals surface area contributed by atoms with Gasteiger partial charge in [-0.25, -0.2) is 13.2 Å². The van der Waals surface area contributed by atoms with Gasteiger partial charge in [0.2, 0.25) is 0 Å². The summed E-state index contributed by atoms with van der Waals surface area (Å²) < 4.78 is 41.8. The molecule has 0 spiro atoms. The minimum atomic E-state index is -3.93. The van der Waals surface area contributed by atoms with Crippen molar-refractivity contribution in [2.45, 2.75) is 76.6 Å². The van der Waals surface area contributed by atoms with Gasteiger partial charge in [0, 0.05) is 37.8 Å². The molecule has 1 heterocycles. The maximum absolute atomic E-state index is 14.4. The smallest absolute Gasteiger partial charge is 0.335 e. The number of nitrogens with one attached hydrogen (secondary N) is 1. The van der Waals surface area contributed by atoms with Gasteiger partial charge >= 0.3 is 5.97 Å². The predicted molar refractivity (Wildman–Crippen MR) is 189 cm³/mol. The summed E-state index contributed by atoms with van der Waals surface area (Å²) in [5, 5.41) is 19.5. The Morgan fingerprint density at radius 3 is 2.41 bits per heavy atom. The molecule has 0 aliphatic carbocycles. The van der Waals surface area contributed by atoms with Crippen LogP contribution in [0.1, 0.15) is 71.9 Å². The number of likely N-dealkylation sites (N-methyl/N-ethyl adjacent to an activating group) is 1. The van der Waals surface area contributed by atoms with Gasteiger partial charge in [-0.1, -0.05) is 36.8 Å². The number of nitrogens with zero attached hydrogens (tertiary/aromatic N) is 2. The molecule has 0 radical (unpaired) electrons. The van der Waals surface area contributed by atoms with Crippen molar-refractivity contribution in [3.8, 4) is 5.75 Å². The second kappa shape index (κ2) is 17.1. The number of sulfonamides is 1. The number of hydrogen-bond donors (Lipinski definition) is 3. The number of hydrogen-bond acceptors (Lipinski definition) is 8. The number of aliphatic hydroxyl groups is 1. The van der Waals surface area contributed by atoms with Gasteiger partial charge in [-0.3, -0.25) is 14.4 Å². The Bertz CT molecular complexity index is 1660. The number of carboxylic acids is 1. The molecule has 4 rings (SSSR count). The average molecular weight is 696 g/mol. The van der Waals surface area contributed by atoms with Gasteiger partial charge in [-0.15, -0.1) is 0 Å². The first kappa shape index (κ1) is 37.8. The Morgan fingerprint density at radius 2 is 1.76 bits per heavy atom. The molecule has 0 fully saturated rings. The molecule has 4 atom stereocenters. The quantitative estimate of drug-likeness (QED) is 0.253. The van der Waals surface area contributed by atoms with Crippen LogP contribution < -0.4 is 9.46 Å². The van der Waals surface area contributed by atoms with E-state index in [4.69, 9.17) is 9.47 Å². The first-order valence-corrected chi connectivity index (χ1v) is 18.2. The van der Waals surface area contributed by atoms with E-state index in [-0.39, 0.29) is 53.0 Å². The second-order valence-corrected chi connectivity index (χ2v) is 14.8. The van der Waals surface area contributed by atoms with Crippen LogP contribution >= 0.6 is 0 Å². The van der Waals surface area contributed by atoms with E-state index in [9.17, 15) is 28.2 Å². The maximum atomic E-state index is 14.4. The number of aryl methyl sites for hydroxylation is 1. The summed E-state index contributed by atoms with van der Waals surface area (Å²) in [5.41, 5.74) is 2.54. The van der Waals surface area contributed by atoms with Crippen molar-refractivity contribution in [2.75, 3.05) is 38.1 Å². The molecule has 0 saturated heterocycles. The van der Waals surface area contributed by atoms with Crippen molar-refractivity contribution < 1.29 is 37.7 Å². The zero-order valence-corrected chi connectivity index (χ0v) is 29.8. The Morgan fingerprint density at radius 1 is 1.06 bits per heavy atom. The van der Waals surface area contributed by atoms with Gasteiger partial charge in [-0.2, -0.15) is 0 Å². The van der Waals surface area contributed by atoms with E-state index in [1.165, 1.54) is 18.2 Å². The van der Waals surface area contributed by atoms with E-state index in [0.717, 1.165) is 30.4 Å². The Kier molecular flexibility index (Phi) is 13.2. The van der Waals surface area contributed by atoms with Crippen molar-refractivity contribution in [1.29, 1.82) is 0 Å². The van der Waals surface area contributed by atoms with Crippen LogP contribution in [0.25, 0.3) is 0 Å². The molecule has 1 amide bonds. The van der Waals surface area contributed by atoms with Gasteiger partial charge in [0.1, 0.15) is 5.75 Å². The number of aliphatic hydroxyl groups excluding tert-OH is 1. The monoisotopic (exact) mass is 695 g/mol. The molecule has 266 valence electrons. The fraction of sp³-hybridized carbons (Fsp3) is 0.459. The van der Waals surface area contributed by atoms with E-state index >= 15 is 0 Å². The molecule has 0 saturated carbocycles. The highest BCUT2D eigenvalue weighted by Crippen LogP contribution is 2.29. The lowest BCUT2D eigenvalue weighted by Crippen LogP contribution is -2.47. The topological polar surface area (TPSA) is 146 Å². The molecule has 11 nitrogen and oxygen atoms in total. The second-order valence-electron chi connectivity index (χ2n) is 13.1. The number of carbonyl (C=O) groups is 2. The Labute approximate surface area is 289 Å². The largest absolute Gasteiger partial charge is 0.490 e. The zero-order chi connectivity index (χ0) is 35.7. The molecule has 12 heteroatoms. The first-order chi connectivity index (χ1) is 23.3. The fourth-order valence-corrected chi connectivity index (χ4v) is 6.87. The molecule has 49 heavy (non-hydrogen) atoms. The molecule has 1 aliphatic rings. The van der Waals surface area contributed by atoms with Crippen molar-refractivity contribution >= 4 is 27.6 Å². The average Bonchev–Trinajstić information content (AvgIpc) is 3.06. The van der Waals surface area contributed by atoms with E-state index in [2.05, 4.69) is 9.62 Å². The number of carbonyl (C=O) groups excluding carboxylic acids is 1. The van der Waals surface area contributed by atoms with Crippen LogP contribution in [0.4, 0.5) is 5.69 Å². The first-order valence-electron chi connectivity index (χ1n) is 16.7. The number of rotatable bonds is 10. The normalized spacial score (nSPS) is 20.2. The predicted octanol–water partition coefficient (Wildman–Crippen LogP) is 5.42. The van der Waals surface area contributed by atoms with Crippen LogP contribution in [-0.4, -0.2) is 91.9 Å². The van der Waals surface area contributed by atoms with Crippen LogP contribution in [0.5, 0.6) is 5.75 Å². The zero-order valence-electron chi connectivity index (χ0n) is 29.0. The Balaban J connectivity index is 1.62. The number of benzene rings is 3. The van der Waals surface area contributed by atoms with Crippen LogP contribution in [-0.2, 0) is 21.3 Å². The number of anilines is 1. The fourth-order valence-electron chi connectivity index (χ4n) is 5.82. The summed E-state index contributed by atoms with van der Waals surface area (Å²) in [6.07, 6.45) is 1.91. The summed E-state index contributed by atoms with van der Waals surface area (Å²) in [5.74, 6) is -1.17. The molecular weight excluding hydrogens is 646 g/mol. The summed E-state index contributed by atoms with van der Waals surface area (Å²) in [4.78, 5) is 29.5. The number of ether oxygens (including phenoxy) is 2. The molecule has 1 aliphatic heterocycles. The highest BCUT2D eigenvalue weighted by molar-refractivity contribution is 7.92. The third-order valence-electron chi connectivity index (χ3n) is 8.78. The SMILES string of the molecule is Cc1ccc(S(=O)(=O)Nc2ccc3c(c2)C(=O)N([C@@H](C)CO)C[C@@H](C)[C@@H](CN(C)Cc2ccc(C(=O)O)cc2)OCCCC[C@H](C)O3)cc1. The van der Waals surface area contributed by atoms with Crippen molar-refractivity contribution in [1.82, 2.24) is 9.80 Å². The minimum absolute atomic E-state index is 0.104. The van der Waals surface area contributed by atoms with Crippen molar-refractivity contribution in [2.24, 2.45) is 5.92 Å². The summed E-state index contributed by atoms with van der Waals surface area (Å²) in [6, 6.07) is 17.5. The standard InChI is InChI=1S/C37H49N3O8S/c1-25-9-16-32(17-10-25)49(45,46)38-31-15-18-34-33(20-31)36(42)40(27(3)24-41)21-26(2)35(47-19-7-6-8-28(4)48-34)23-39(5)22-29-11-13-30(14-12-29)37(43)44/h9-18,20,26-28,35,38,41H,6-8,19,21-24H2,1-5H3,(H,43,44)/t26-,27+,28+,35-/m1/s1. The summed E-state index contributed by atoms with van der Waals surface area (Å²) >= 11 is 0. The van der Waals surface area contributed by atoms with Crippen LogP contribution in [0.2, 0.25) is 0 Å². The summed E-state index contributed by atoms with van der Waals surface area (Å²) in [6.45, 7) is 9.25. The Hall–Kier alpha value is -3.97. The lowest BCUT2D eigenvalue weighted by Gasteiger charge is -2.36. The van der Waals surface area contributed by atoms with E-state index in [1.807, 2.05) is 27.8 Å². The molecule has 3 aromatic carbocycles. The van der Waals surface area contributed by atoms with E-state index in [0.29, 0.717) is 25.4 Å². The molecule has 0 unspecified atom stereocenters. The van der Waals surface area contributed by atoms with Crippen LogP contribution in [0.3, 0.4) is 0 Å². The number of amides is 1. The lowest BCUT2D eigenvalue weighted by molar-refractivity contribution is -0.0177. The highest BCUT2D eigenvalue weighted by Gasteiger charge is 2.31.